The van der Waals surface area contributed by atoms with Crippen molar-refractivity contribution in [1.29, 1.82) is 0 Å². The molecule has 3 amide bonds. The molecule has 2 unspecified atom stereocenters. The number of nitrogens with one attached hydrogen (secondary N) is 2. The summed E-state index contributed by atoms with van der Waals surface area (Å²) in [5, 5.41) is 15.9. The van der Waals surface area contributed by atoms with Crippen molar-refractivity contribution in [1.82, 2.24) is 15.5 Å². The third kappa shape index (κ3) is 11.6. The van der Waals surface area contributed by atoms with Gasteiger partial charge in [0.2, 0.25) is 11.8 Å². The van der Waals surface area contributed by atoms with Crippen LogP contribution in [0.25, 0.3) is 0 Å². The van der Waals surface area contributed by atoms with Gasteiger partial charge in [0.05, 0.1) is 0 Å². The van der Waals surface area contributed by atoms with E-state index in [1.807, 2.05) is 30.3 Å². The molecule has 0 saturated heterocycles. The smallest absolute Gasteiger partial charge is 0.408 e. The zero-order valence-electron chi connectivity index (χ0n) is 26.4. The van der Waals surface area contributed by atoms with E-state index < -0.39 is 23.8 Å². The van der Waals surface area contributed by atoms with Crippen molar-refractivity contribution in [2.75, 3.05) is 6.54 Å². The van der Waals surface area contributed by atoms with E-state index in [-0.39, 0.29) is 30.0 Å². The highest BCUT2D eigenvalue weighted by molar-refractivity contribution is 5.92. The van der Waals surface area contributed by atoms with Gasteiger partial charge in [0.15, 0.2) is 0 Å². The number of benzene rings is 2. The number of phenolic OH excluding ortho intramolecular Hbond substituents is 1. The second kappa shape index (κ2) is 16.9. The van der Waals surface area contributed by atoms with Crippen molar-refractivity contribution in [3.8, 4) is 5.75 Å². The van der Waals surface area contributed by atoms with E-state index in [1.165, 1.54) is 6.42 Å². The summed E-state index contributed by atoms with van der Waals surface area (Å²) >= 11 is 0. The Kier molecular flexibility index (Phi) is 13.4. The molecular formula is C35H51N3O5. The van der Waals surface area contributed by atoms with Crippen LogP contribution in [0.1, 0.15) is 109 Å². The van der Waals surface area contributed by atoms with Gasteiger partial charge in [0, 0.05) is 19.0 Å². The molecule has 3 N–H and O–H groups in total. The van der Waals surface area contributed by atoms with Gasteiger partial charge in [-0.2, -0.15) is 0 Å². The van der Waals surface area contributed by atoms with Gasteiger partial charge in [0.25, 0.3) is 0 Å². The van der Waals surface area contributed by atoms with Gasteiger partial charge in [-0.25, -0.2) is 4.79 Å². The van der Waals surface area contributed by atoms with E-state index in [0.29, 0.717) is 6.54 Å². The van der Waals surface area contributed by atoms with Crippen LogP contribution >= 0.6 is 0 Å². The van der Waals surface area contributed by atoms with E-state index in [0.717, 1.165) is 68.9 Å². The Morgan fingerprint density at radius 1 is 0.930 bits per heavy atom. The second-order valence-electron chi connectivity index (χ2n) is 12.7. The molecule has 0 radical (unpaired) electrons. The lowest BCUT2D eigenvalue weighted by atomic mass is 9.94. The van der Waals surface area contributed by atoms with Gasteiger partial charge in [-0.15, -0.1) is 0 Å². The zero-order chi connectivity index (χ0) is 31.2. The van der Waals surface area contributed by atoms with Crippen LogP contribution in [0.5, 0.6) is 5.75 Å². The van der Waals surface area contributed by atoms with Gasteiger partial charge in [-0.05, 0) is 63.3 Å². The summed E-state index contributed by atoms with van der Waals surface area (Å²) < 4.78 is 5.53. The maximum Gasteiger partial charge on any atom is 0.408 e. The molecule has 1 saturated carbocycles. The van der Waals surface area contributed by atoms with Crippen LogP contribution < -0.4 is 10.6 Å². The highest BCUT2D eigenvalue weighted by atomic mass is 16.6. The quantitative estimate of drug-likeness (QED) is 0.208. The lowest BCUT2D eigenvalue weighted by Crippen LogP contribution is -2.54. The highest BCUT2D eigenvalue weighted by Crippen LogP contribution is 2.26. The van der Waals surface area contributed by atoms with E-state index >= 15 is 0 Å². The van der Waals surface area contributed by atoms with Crippen LogP contribution in [0, 0.1) is 0 Å². The summed E-state index contributed by atoms with van der Waals surface area (Å²) in [5.74, 6) is -0.424. The summed E-state index contributed by atoms with van der Waals surface area (Å²) in [6, 6.07) is 14.3. The van der Waals surface area contributed by atoms with Crippen molar-refractivity contribution in [2.24, 2.45) is 0 Å². The highest BCUT2D eigenvalue weighted by Gasteiger charge is 2.37. The second-order valence-corrected chi connectivity index (χ2v) is 12.7. The van der Waals surface area contributed by atoms with Crippen LogP contribution in [0.3, 0.4) is 0 Å². The Morgan fingerprint density at radius 2 is 1.58 bits per heavy atom. The summed E-state index contributed by atoms with van der Waals surface area (Å²) in [4.78, 5) is 43.3. The number of ether oxygens (including phenoxy) is 1. The zero-order valence-corrected chi connectivity index (χ0v) is 26.4. The fourth-order valence-electron chi connectivity index (χ4n) is 5.61. The van der Waals surface area contributed by atoms with Gasteiger partial charge in [-0.1, -0.05) is 94.3 Å². The molecule has 236 valence electrons. The Bertz CT molecular complexity index is 1140. The molecule has 1 aliphatic rings. The third-order valence-corrected chi connectivity index (χ3v) is 7.78. The molecule has 0 spiro atoms. The van der Waals surface area contributed by atoms with E-state index in [2.05, 4.69) is 17.6 Å². The molecule has 8 nitrogen and oxygen atoms in total. The van der Waals surface area contributed by atoms with E-state index in [4.69, 9.17) is 4.74 Å². The lowest BCUT2D eigenvalue weighted by Gasteiger charge is -2.36. The van der Waals surface area contributed by atoms with Crippen LogP contribution in [-0.2, 0) is 20.7 Å². The Labute approximate surface area is 257 Å². The summed E-state index contributed by atoms with van der Waals surface area (Å²) in [5.41, 5.74) is 0.748. The average Bonchev–Trinajstić information content (AvgIpc) is 2.97. The van der Waals surface area contributed by atoms with Crippen LogP contribution in [0.15, 0.2) is 54.6 Å². The third-order valence-electron chi connectivity index (χ3n) is 7.78. The number of hydrogen-bond donors (Lipinski definition) is 3. The lowest BCUT2D eigenvalue weighted by molar-refractivity contribution is -0.143. The first-order valence-corrected chi connectivity index (χ1v) is 16.0. The Hall–Kier alpha value is -3.55. The number of rotatable bonds is 14. The first kappa shape index (κ1) is 33.9. The van der Waals surface area contributed by atoms with Gasteiger partial charge < -0.3 is 25.4 Å². The first-order valence-electron chi connectivity index (χ1n) is 16.0. The average molecular weight is 594 g/mol. The molecule has 0 aromatic heterocycles. The van der Waals surface area contributed by atoms with Crippen LogP contribution in [0.2, 0.25) is 0 Å². The Morgan fingerprint density at radius 3 is 2.21 bits per heavy atom. The molecular weight excluding hydrogens is 542 g/mol. The molecule has 2 atom stereocenters. The molecule has 0 aliphatic heterocycles. The molecule has 8 heteroatoms. The largest absolute Gasteiger partial charge is 0.508 e. The molecule has 3 rings (SSSR count). The maximum absolute atomic E-state index is 14.6. The van der Waals surface area contributed by atoms with Gasteiger partial charge >= 0.3 is 6.09 Å². The van der Waals surface area contributed by atoms with Crippen LogP contribution in [-0.4, -0.2) is 52.1 Å². The van der Waals surface area contributed by atoms with Crippen molar-refractivity contribution in [2.45, 2.75) is 122 Å². The number of amides is 3. The minimum atomic E-state index is -0.983. The Balaban J connectivity index is 1.98. The minimum Gasteiger partial charge on any atom is -0.508 e. The van der Waals surface area contributed by atoms with Crippen LogP contribution in [0.4, 0.5) is 4.79 Å². The summed E-state index contributed by atoms with van der Waals surface area (Å²) in [6.07, 6.45) is 9.62. The van der Waals surface area contributed by atoms with Crippen molar-refractivity contribution in [3.05, 3.63) is 65.7 Å². The number of phenols is 1. The monoisotopic (exact) mass is 593 g/mol. The number of alkyl carbamates (subject to hydrolysis) is 1. The molecule has 2 aromatic rings. The van der Waals surface area contributed by atoms with Crippen molar-refractivity contribution >= 4 is 17.9 Å². The molecule has 43 heavy (non-hydrogen) atoms. The molecule has 2 aromatic carbocycles. The predicted octanol–water partition coefficient (Wildman–Crippen LogP) is 6.82. The number of carbonyl (C=O) groups is 3. The maximum atomic E-state index is 14.6. The predicted molar refractivity (Wildman–Crippen MR) is 170 cm³/mol. The topological polar surface area (TPSA) is 108 Å². The minimum absolute atomic E-state index is 0.0849. The van der Waals surface area contributed by atoms with Crippen molar-refractivity contribution in [3.63, 3.8) is 0 Å². The number of nitrogens with zero attached hydrogens (tertiary/aromatic N) is 1. The van der Waals surface area contributed by atoms with E-state index in [1.54, 1.807) is 49.9 Å². The summed E-state index contributed by atoms with van der Waals surface area (Å²) in [6.45, 7) is 7.85. The molecule has 1 fully saturated rings. The standard InChI is InChI=1S/C35H51N3O5/c1-5-6-7-8-15-24-38(31(27-16-11-9-12-17-27)32(40)36-28-18-13-10-14-19-28)33(41)30(37-34(42)43-35(2,3)4)25-26-20-22-29(39)23-21-26/h9,11-12,16-17,20-23,28,30-31,39H,5-8,10,13-15,18-19,24-25H2,1-4H3,(H,36,40)(H,37,42). The van der Waals surface area contributed by atoms with E-state index in [9.17, 15) is 19.5 Å². The number of hydrogen-bond acceptors (Lipinski definition) is 5. The fraction of sp³-hybridized carbons (Fsp3) is 0.571. The first-order chi connectivity index (χ1) is 20.6. The summed E-state index contributed by atoms with van der Waals surface area (Å²) in [7, 11) is 0. The van der Waals surface area contributed by atoms with Gasteiger partial charge in [0.1, 0.15) is 23.4 Å². The fourth-order valence-corrected chi connectivity index (χ4v) is 5.61. The van der Waals surface area contributed by atoms with Gasteiger partial charge in [-0.3, -0.25) is 9.59 Å². The molecule has 0 bridgehead atoms. The normalized spacial score (nSPS) is 15.3. The molecule has 0 heterocycles. The number of unbranched alkanes of at least 4 members (excludes halogenated alkanes) is 4. The van der Waals surface area contributed by atoms with Crippen molar-refractivity contribution < 1.29 is 24.2 Å². The SMILES string of the molecule is CCCCCCCN(C(=O)C(Cc1ccc(O)cc1)NC(=O)OC(C)(C)C)C(C(=O)NC1CCCCC1)c1ccccc1. The number of aromatic hydroxyl groups is 1. The number of carbonyl (C=O) groups excluding carboxylic acids is 3. The molecule has 1 aliphatic carbocycles.